The number of likely N-dealkylation sites (N-methyl/N-ethyl adjacent to an activating group) is 1. The molecule has 0 unspecified atom stereocenters. The van der Waals surface area contributed by atoms with E-state index >= 15 is 0 Å². The Kier molecular flexibility index (Phi) is 5.28. The molecule has 1 aromatic carbocycles. The van der Waals surface area contributed by atoms with Crippen molar-refractivity contribution in [3.63, 3.8) is 0 Å². The summed E-state index contributed by atoms with van der Waals surface area (Å²) in [5.41, 5.74) is 3.77. The second-order valence-corrected chi connectivity index (χ2v) is 6.52. The first kappa shape index (κ1) is 17.4. The van der Waals surface area contributed by atoms with E-state index in [2.05, 4.69) is 59.2 Å². The minimum atomic E-state index is -0.0263. The molecule has 6 heteroatoms. The van der Waals surface area contributed by atoms with Crippen molar-refractivity contribution >= 4 is 17.4 Å². The second-order valence-electron chi connectivity index (χ2n) is 6.52. The average Bonchev–Trinajstić information content (AvgIpc) is 2.60. The molecule has 0 saturated carbocycles. The molecule has 3 rings (SSSR count). The maximum absolute atomic E-state index is 12.7. The summed E-state index contributed by atoms with van der Waals surface area (Å²) in [7, 11) is 0. The van der Waals surface area contributed by atoms with Gasteiger partial charge in [-0.3, -0.25) is 4.79 Å². The van der Waals surface area contributed by atoms with Crippen molar-refractivity contribution in [2.24, 2.45) is 0 Å². The Hall–Kier alpha value is -2.47. The van der Waals surface area contributed by atoms with Crippen molar-refractivity contribution in [1.29, 1.82) is 0 Å². The molecule has 1 aliphatic heterocycles. The lowest BCUT2D eigenvalue weighted by atomic mass is 10.1. The van der Waals surface area contributed by atoms with Crippen LogP contribution in [-0.2, 0) is 0 Å². The Bertz CT molecular complexity index is 733. The van der Waals surface area contributed by atoms with Gasteiger partial charge in [0.25, 0.3) is 5.91 Å². The molecule has 0 bridgehead atoms. The molecule has 0 spiro atoms. The van der Waals surface area contributed by atoms with Crippen LogP contribution in [0.3, 0.4) is 0 Å². The Morgan fingerprint density at radius 1 is 1.04 bits per heavy atom. The number of rotatable bonds is 4. The molecule has 2 heterocycles. The fourth-order valence-corrected chi connectivity index (χ4v) is 3.17. The van der Waals surface area contributed by atoms with Crippen LogP contribution in [0.25, 0.3) is 0 Å². The van der Waals surface area contributed by atoms with Gasteiger partial charge in [-0.25, -0.2) is 9.97 Å². The zero-order valence-corrected chi connectivity index (χ0v) is 15.1. The number of piperazine rings is 1. The number of aryl methyl sites for hydroxylation is 2. The summed E-state index contributed by atoms with van der Waals surface area (Å²) in [6.07, 6.45) is 1.44. The monoisotopic (exact) mass is 339 g/mol. The molecular weight excluding hydrogens is 314 g/mol. The predicted octanol–water partition coefficient (Wildman–Crippen LogP) is 2.61. The molecule has 1 aromatic heterocycles. The Labute approximate surface area is 148 Å². The predicted molar refractivity (Wildman–Crippen MR) is 99.2 cm³/mol. The number of benzene rings is 1. The number of hydrogen-bond donors (Lipinski definition) is 1. The van der Waals surface area contributed by atoms with E-state index in [-0.39, 0.29) is 5.91 Å². The van der Waals surface area contributed by atoms with E-state index in [1.165, 1.54) is 17.5 Å². The molecule has 1 saturated heterocycles. The lowest BCUT2D eigenvalue weighted by molar-refractivity contribution is 0.0637. The quantitative estimate of drug-likeness (QED) is 0.928. The lowest BCUT2D eigenvalue weighted by Crippen LogP contribution is -2.48. The van der Waals surface area contributed by atoms with E-state index in [0.717, 1.165) is 38.4 Å². The third-order valence-corrected chi connectivity index (χ3v) is 4.49. The molecular formula is C19H25N5O. The van der Waals surface area contributed by atoms with Gasteiger partial charge in [0.05, 0.1) is 0 Å². The van der Waals surface area contributed by atoms with Crippen LogP contribution in [0.2, 0.25) is 0 Å². The highest BCUT2D eigenvalue weighted by atomic mass is 16.2. The molecule has 0 atom stereocenters. The molecule has 1 amide bonds. The summed E-state index contributed by atoms with van der Waals surface area (Å²) in [5, 5.41) is 3.27. The number of anilines is 2. The highest BCUT2D eigenvalue weighted by Gasteiger charge is 2.22. The summed E-state index contributed by atoms with van der Waals surface area (Å²) >= 11 is 0. The smallest absolute Gasteiger partial charge is 0.272 e. The molecule has 6 nitrogen and oxygen atoms in total. The first-order valence-corrected chi connectivity index (χ1v) is 8.74. The normalized spacial score (nSPS) is 15.2. The number of carbonyl (C=O) groups excluding carboxylic acids is 1. The van der Waals surface area contributed by atoms with E-state index in [4.69, 9.17) is 0 Å². The van der Waals surface area contributed by atoms with E-state index in [1.807, 2.05) is 4.90 Å². The standard InChI is InChI=1S/C19H25N5O/c1-4-23-5-7-24(8-6-23)19(25)17-12-18(21-13-20-17)22-16-10-14(2)9-15(3)11-16/h9-13H,4-8H2,1-3H3,(H,20,21,22). The Balaban J connectivity index is 1.71. The molecule has 25 heavy (non-hydrogen) atoms. The molecule has 1 aliphatic rings. The third-order valence-electron chi connectivity index (χ3n) is 4.49. The van der Waals surface area contributed by atoms with Crippen LogP contribution in [0.4, 0.5) is 11.5 Å². The van der Waals surface area contributed by atoms with E-state index in [9.17, 15) is 4.79 Å². The van der Waals surface area contributed by atoms with Gasteiger partial charge in [0.1, 0.15) is 17.8 Å². The van der Waals surface area contributed by atoms with Crippen molar-refractivity contribution in [1.82, 2.24) is 19.8 Å². The second kappa shape index (κ2) is 7.61. The zero-order valence-electron chi connectivity index (χ0n) is 15.1. The van der Waals surface area contributed by atoms with Gasteiger partial charge >= 0.3 is 0 Å². The van der Waals surface area contributed by atoms with Crippen LogP contribution in [0.1, 0.15) is 28.5 Å². The molecule has 0 radical (unpaired) electrons. The van der Waals surface area contributed by atoms with E-state index < -0.39 is 0 Å². The Morgan fingerprint density at radius 3 is 2.36 bits per heavy atom. The van der Waals surface area contributed by atoms with Crippen LogP contribution in [0, 0.1) is 13.8 Å². The molecule has 0 aliphatic carbocycles. The fourth-order valence-electron chi connectivity index (χ4n) is 3.17. The van der Waals surface area contributed by atoms with Gasteiger partial charge < -0.3 is 15.1 Å². The first-order chi connectivity index (χ1) is 12.0. The number of nitrogens with one attached hydrogen (secondary N) is 1. The van der Waals surface area contributed by atoms with Gasteiger partial charge in [-0.05, 0) is 43.7 Å². The summed E-state index contributed by atoms with van der Waals surface area (Å²) in [5.74, 6) is 0.608. The van der Waals surface area contributed by atoms with Gasteiger partial charge in [-0.15, -0.1) is 0 Å². The summed E-state index contributed by atoms with van der Waals surface area (Å²) < 4.78 is 0. The van der Waals surface area contributed by atoms with Crippen molar-refractivity contribution in [3.8, 4) is 0 Å². The zero-order chi connectivity index (χ0) is 17.8. The number of amides is 1. The number of aromatic nitrogens is 2. The minimum absolute atomic E-state index is 0.0263. The van der Waals surface area contributed by atoms with E-state index in [0.29, 0.717) is 11.5 Å². The van der Waals surface area contributed by atoms with E-state index in [1.54, 1.807) is 6.07 Å². The molecule has 1 N–H and O–H groups in total. The van der Waals surface area contributed by atoms with Crippen LogP contribution in [0.15, 0.2) is 30.6 Å². The van der Waals surface area contributed by atoms with Crippen LogP contribution in [0.5, 0.6) is 0 Å². The number of nitrogens with zero attached hydrogens (tertiary/aromatic N) is 4. The van der Waals surface area contributed by atoms with Gasteiger partial charge in [-0.2, -0.15) is 0 Å². The van der Waals surface area contributed by atoms with Crippen molar-refractivity contribution in [2.75, 3.05) is 38.0 Å². The minimum Gasteiger partial charge on any atom is -0.340 e. The molecule has 132 valence electrons. The Morgan fingerprint density at radius 2 is 1.72 bits per heavy atom. The summed E-state index contributed by atoms with van der Waals surface area (Å²) in [6, 6.07) is 7.96. The number of hydrogen-bond acceptors (Lipinski definition) is 5. The van der Waals surface area contributed by atoms with Crippen molar-refractivity contribution in [2.45, 2.75) is 20.8 Å². The summed E-state index contributed by atoms with van der Waals surface area (Å²) in [6.45, 7) is 10.6. The van der Waals surface area contributed by atoms with Crippen LogP contribution in [-0.4, -0.2) is 58.4 Å². The van der Waals surface area contributed by atoms with Gasteiger partial charge in [0, 0.05) is 37.9 Å². The van der Waals surface area contributed by atoms with Crippen molar-refractivity contribution in [3.05, 3.63) is 47.4 Å². The highest BCUT2D eigenvalue weighted by Crippen LogP contribution is 2.19. The van der Waals surface area contributed by atoms with Crippen LogP contribution < -0.4 is 5.32 Å². The first-order valence-electron chi connectivity index (χ1n) is 8.74. The lowest BCUT2D eigenvalue weighted by Gasteiger charge is -2.33. The summed E-state index contributed by atoms with van der Waals surface area (Å²) in [4.78, 5) is 25.3. The SMILES string of the molecule is CCN1CCN(C(=O)c2cc(Nc3cc(C)cc(C)c3)ncn2)CC1. The third kappa shape index (κ3) is 4.33. The van der Waals surface area contributed by atoms with Gasteiger partial charge in [0.15, 0.2) is 0 Å². The highest BCUT2D eigenvalue weighted by molar-refractivity contribution is 5.93. The maximum Gasteiger partial charge on any atom is 0.272 e. The van der Waals surface area contributed by atoms with Crippen LogP contribution >= 0.6 is 0 Å². The van der Waals surface area contributed by atoms with Gasteiger partial charge in [-0.1, -0.05) is 13.0 Å². The average molecular weight is 339 g/mol. The topological polar surface area (TPSA) is 61.4 Å². The fraction of sp³-hybridized carbons (Fsp3) is 0.421. The molecule has 1 fully saturated rings. The maximum atomic E-state index is 12.7. The number of carbonyl (C=O) groups is 1. The van der Waals surface area contributed by atoms with Gasteiger partial charge in [0.2, 0.25) is 0 Å². The largest absolute Gasteiger partial charge is 0.340 e. The van der Waals surface area contributed by atoms with Crippen molar-refractivity contribution < 1.29 is 4.79 Å². The molecule has 2 aromatic rings.